The number of anilines is 2. The van der Waals surface area contributed by atoms with Crippen molar-refractivity contribution < 1.29 is 9.90 Å². The highest BCUT2D eigenvalue weighted by Gasteiger charge is 2.11. The molecule has 1 aromatic carbocycles. The van der Waals surface area contributed by atoms with Crippen molar-refractivity contribution in [3.05, 3.63) is 52.1 Å². The molecule has 1 heterocycles. The minimum absolute atomic E-state index is 0.0219. The first-order valence-electron chi connectivity index (χ1n) is 6.58. The fourth-order valence-corrected chi connectivity index (χ4v) is 1.98. The first-order valence-corrected chi connectivity index (χ1v) is 6.58. The van der Waals surface area contributed by atoms with Gasteiger partial charge in [0.25, 0.3) is 5.56 Å². The summed E-state index contributed by atoms with van der Waals surface area (Å²) in [4.78, 5) is 27.4. The highest BCUT2D eigenvalue weighted by Crippen LogP contribution is 2.17. The summed E-state index contributed by atoms with van der Waals surface area (Å²) in [7, 11) is 0. The number of carboxylic acids is 1. The number of nitrogens with zero attached hydrogens (tertiary/aromatic N) is 2. The molecule has 21 heavy (non-hydrogen) atoms. The van der Waals surface area contributed by atoms with Crippen LogP contribution in [-0.2, 0) is 0 Å². The molecule has 0 fully saturated rings. The minimum Gasteiger partial charge on any atom is -0.478 e. The van der Waals surface area contributed by atoms with Crippen LogP contribution in [0.3, 0.4) is 0 Å². The van der Waals surface area contributed by atoms with Gasteiger partial charge in [-0.1, -0.05) is 6.07 Å². The van der Waals surface area contributed by atoms with Gasteiger partial charge in [-0.25, -0.2) is 9.78 Å². The van der Waals surface area contributed by atoms with E-state index < -0.39 is 5.97 Å². The normalized spacial score (nSPS) is 10.7. The molecule has 0 amide bonds. The number of carboxylic acid groups (broad SMARTS) is 1. The summed E-state index contributed by atoms with van der Waals surface area (Å²) in [6, 6.07) is 4.92. The van der Waals surface area contributed by atoms with E-state index in [-0.39, 0.29) is 23.0 Å². The Hall–Kier alpha value is -2.63. The predicted octanol–water partition coefficient (Wildman–Crippen LogP) is 2.57. The number of aromatic nitrogens is 2. The van der Waals surface area contributed by atoms with E-state index >= 15 is 0 Å². The van der Waals surface area contributed by atoms with Gasteiger partial charge in [0.1, 0.15) is 0 Å². The molecule has 2 aromatic rings. The van der Waals surface area contributed by atoms with Gasteiger partial charge in [-0.2, -0.15) is 0 Å². The van der Waals surface area contributed by atoms with Gasteiger partial charge in [0.05, 0.1) is 5.56 Å². The highest BCUT2D eigenvalue weighted by molar-refractivity contribution is 5.90. The molecular formula is C15H17N3O3. The summed E-state index contributed by atoms with van der Waals surface area (Å²) in [6.45, 7) is 5.53. The molecule has 0 unspecified atom stereocenters. The minimum atomic E-state index is -1.00. The van der Waals surface area contributed by atoms with Crippen LogP contribution in [0.5, 0.6) is 0 Å². The van der Waals surface area contributed by atoms with Gasteiger partial charge in [0, 0.05) is 24.1 Å². The van der Waals surface area contributed by atoms with Crippen LogP contribution in [0.2, 0.25) is 0 Å². The Kier molecular flexibility index (Phi) is 4.07. The van der Waals surface area contributed by atoms with Crippen molar-refractivity contribution in [3.8, 4) is 0 Å². The summed E-state index contributed by atoms with van der Waals surface area (Å²) < 4.78 is 1.56. The molecule has 2 N–H and O–H groups in total. The summed E-state index contributed by atoms with van der Waals surface area (Å²) >= 11 is 0. The zero-order chi connectivity index (χ0) is 15.6. The highest BCUT2D eigenvalue weighted by atomic mass is 16.4. The average Bonchev–Trinajstić information content (AvgIpc) is 2.42. The standard InChI is InChI=1S/C15H17N3O3/c1-9(2)18-7-6-16-13(14(18)19)17-11-5-4-10(3)12(8-11)15(20)21/h4-9H,1-3H3,(H,16,17)(H,20,21). The molecule has 0 saturated carbocycles. The summed E-state index contributed by atoms with van der Waals surface area (Å²) in [5, 5.41) is 12.0. The van der Waals surface area contributed by atoms with E-state index in [1.54, 1.807) is 29.8 Å². The molecule has 110 valence electrons. The molecule has 0 aliphatic carbocycles. The Morgan fingerprint density at radius 2 is 2.10 bits per heavy atom. The topological polar surface area (TPSA) is 84.2 Å². The third kappa shape index (κ3) is 3.10. The Bertz CT molecular complexity index is 735. The Morgan fingerprint density at radius 3 is 2.71 bits per heavy atom. The zero-order valence-electron chi connectivity index (χ0n) is 12.1. The Labute approximate surface area is 122 Å². The SMILES string of the molecule is Cc1ccc(Nc2nccn(C(C)C)c2=O)cc1C(=O)O. The van der Waals surface area contributed by atoms with Gasteiger partial charge in [-0.15, -0.1) is 0 Å². The van der Waals surface area contributed by atoms with Crippen LogP contribution < -0.4 is 10.9 Å². The molecule has 1 aromatic heterocycles. The largest absolute Gasteiger partial charge is 0.478 e. The molecule has 0 atom stereocenters. The molecular weight excluding hydrogens is 270 g/mol. The van der Waals surface area contributed by atoms with Crippen molar-refractivity contribution in [1.82, 2.24) is 9.55 Å². The summed E-state index contributed by atoms with van der Waals surface area (Å²) in [5.41, 5.74) is 1.13. The maximum atomic E-state index is 12.2. The van der Waals surface area contributed by atoms with Crippen LogP contribution >= 0.6 is 0 Å². The number of benzene rings is 1. The van der Waals surface area contributed by atoms with Crippen LogP contribution in [0.25, 0.3) is 0 Å². The number of nitrogens with one attached hydrogen (secondary N) is 1. The van der Waals surface area contributed by atoms with Crippen LogP contribution in [0.4, 0.5) is 11.5 Å². The Morgan fingerprint density at radius 1 is 1.38 bits per heavy atom. The van der Waals surface area contributed by atoms with Gasteiger partial charge in [0.15, 0.2) is 5.82 Å². The van der Waals surface area contributed by atoms with E-state index in [9.17, 15) is 9.59 Å². The fourth-order valence-electron chi connectivity index (χ4n) is 1.98. The van der Waals surface area contributed by atoms with Gasteiger partial charge in [0.2, 0.25) is 0 Å². The van der Waals surface area contributed by atoms with Crippen molar-refractivity contribution >= 4 is 17.5 Å². The van der Waals surface area contributed by atoms with Gasteiger partial charge >= 0.3 is 5.97 Å². The Balaban J connectivity index is 2.39. The van der Waals surface area contributed by atoms with Gasteiger partial charge < -0.3 is 15.0 Å². The van der Waals surface area contributed by atoms with Crippen LogP contribution in [0.1, 0.15) is 35.8 Å². The van der Waals surface area contributed by atoms with Crippen molar-refractivity contribution in [1.29, 1.82) is 0 Å². The predicted molar refractivity (Wildman–Crippen MR) is 80.3 cm³/mol. The van der Waals surface area contributed by atoms with E-state index in [0.29, 0.717) is 11.3 Å². The van der Waals surface area contributed by atoms with E-state index in [0.717, 1.165) is 0 Å². The monoisotopic (exact) mass is 287 g/mol. The van der Waals surface area contributed by atoms with Crippen molar-refractivity contribution in [3.63, 3.8) is 0 Å². The number of hydrogen-bond donors (Lipinski definition) is 2. The molecule has 0 radical (unpaired) electrons. The number of aryl methyl sites for hydroxylation is 1. The van der Waals surface area contributed by atoms with Crippen LogP contribution in [-0.4, -0.2) is 20.6 Å². The van der Waals surface area contributed by atoms with E-state index in [1.807, 2.05) is 13.8 Å². The molecule has 0 aliphatic rings. The summed E-state index contributed by atoms with van der Waals surface area (Å²) in [5.74, 6) is -0.830. The lowest BCUT2D eigenvalue weighted by Crippen LogP contribution is -2.24. The number of aromatic carboxylic acids is 1. The molecule has 0 spiro atoms. The molecule has 6 heteroatoms. The molecule has 0 saturated heterocycles. The number of rotatable bonds is 4. The van der Waals surface area contributed by atoms with Crippen LogP contribution in [0.15, 0.2) is 35.4 Å². The first-order chi connectivity index (χ1) is 9.90. The maximum absolute atomic E-state index is 12.2. The van der Waals surface area contributed by atoms with E-state index in [1.165, 1.54) is 12.3 Å². The van der Waals surface area contributed by atoms with Crippen molar-refractivity contribution in [2.45, 2.75) is 26.8 Å². The smallest absolute Gasteiger partial charge is 0.336 e. The van der Waals surface area contributed by atoms with Gasteiger partial charge in [-0.3, -0.25) is 4.79 Å². The molecule has 0 bridgehead atoms. The van der Waals surface area contributed by atoms with Crippen LogP contribution in [0, 0.1) is 6.92 Å². The van der Waals surface area contributed by atoms with Crippen molar-refractivity contribution in [2.75, 3.05) is 5.32 Å². The zero-order valence-corrected chi connectivity index (χ0v) is 12.1. The second kappa shape index (κ2) is 5.78. The maximum Gasteiger partial charge on any atom is 0.336 e. The molecule has 0 aliphatic heterocycles. The second-order valence-electron chi connectivity index (χ2n) is 5.04. The first kappa shape index (κ1) is 14.8. The third-order valence-corrected chi connectivity index (χ3v) is 3.16. The lowest BCUT2D eigenvalue weighted by Gasteiger charge is -2.12. The summed E-state index contributed by atoms with van der Waals surface area (Å²) in [6.07, 6.45) is 3.16. The van der Waals surface area contributed by atoms with Crippen molar-refractivity contribution in [2.24, 2.45) is 0 Å². The lowest BCUT2D eigenvalue weighted by atomic mass is 10.1. The average molecular weight is 287 g/mol. The van der Waals surface area contributed by atoms with Gasteiger partial charge in [-0.05, 0) is 38.5 Å². The molecule has 2 rings (SSSR count). The third-order valence-electron chi connectivity index (χ3n) is 3.16. The second-order valence-corrected chi connectivity index (χ2v) is 5.04. The lowest BCUT2D eigenvalue weighted by molar-refractivity contribution is 0.0696. The van der Waals surface area contributed by atoms with E-state index in [4.69, 9.17) is 5.11 Å². The number of carbonyl (C=O) groups is 1. The number of hydrogen-bond acceptors (Lipinski definition) is 4. The quantitative estimate of drug-likeness (QED) is 0.902. The molecule has 6 nitrogen and oxygen atoms in total. The van der Waals surface area contributed by atoms with E-state index in [2.05, 4.69) is 10.3 Å². The fraction of sp³-hybridized carbons (Fsp3) is 0.267.